The largest absolute Gasteiger partial charge is 0.395 e. The molecule has 70 valence electrons. The maximum atomic E-state index is 8.15. The molecule has 0 aliphatic rings. The molecule has 5 nitrogen and oxygen atoms in total. The van der Waals surface area contributed by atoms with E-state index in [0.717, 1.165) is 0 Å². The number of imidazole rings is 1. The van der Waals surface area contributed by atoms with Crippen molar-refractivity contribution in [2.24, 2.45) is 0 Å². The fourth-order valence-corrected chi connectivity index (χ4v) is 0.498. The van der Waals surface area contributed by atoms with Crippen molar-refractivity contribution in [1.29, 1.82) is 0 Å². The van der Waals surface area contributed by atoms with Crippen LogP contribution in [0.5, 0.6) is 0 Å². The minimum absolute atomic E-state index is 0.139. The first-order valence-corrected chi connectivity index (χ1v) is 3.77. The van der Waals surface area contributed by atoms with Crippen LogP contribution in [-0.4, -0.2) is 46.5 Å². The molecule has 1 rings (SSSR count). The molecule has 1 aromatic heterocycles. The molecule has 1 aromatic rings. The predicted octanol–water partition coefficient (Wildman–Crippen LogP) is -1.03. The molecule has 0 aliphatic heterocycles. The van der Waals surface area contributed by atoms with Crippen LogP contribution in [0.25, 0.3) is 0 Å². The smallest absolute Gasteiger partial charge is 0.0919 e. The van der Waals surface area contributed by atoms with Gasteiger partial charge in [-0.3, -0.25) is 0 Å². The lowest BCUT2D eigenvalue weighted by atomic mass is 10.6. The van der Waals surface area contributed by atoms with Crippen molar-refractivity contribution in [2.75, 3.05) is 26.3 Å². The van der Waals surface area contributed by atoms with E-state index in [-0.39, 0.29) is 13.2 Å². The molecule has 0 aromatic carbocycles. The van der Waals surface area contributed by atoms with Gasteiger partial charge in [0.25, 0.3) is 0 Å². The molecule has 5 heteroatoms. The average molecular weight is 173 g/mol. The Morgan fingerprint density at radius 1 is 1.25 bits per heavy atom. The van der Waals surface area contributed by atoms with E-state index in [1.54, 1.807) is 18.7 Å². The Kier molecular flexibility index (Phi) is 9.32. The van der Waals surface area contributed by atoms with Crippen LogP contribution < -0.4 is 5.32 Å². The van der Waals surface area contributed by atoms with E-state index in [9.17, 15) is 0 Å². The van der Waals surface area contributed by atoms with Crippen LogP contribution in [0.1, 0.15) is 0 Å². The highest BCUT2D eigenvalue weighted by Gasteiger charge is 1.78. The third-order valence-corrected chi connectivity index (χ3v) is 0.983. The molecule has 0 fully saturated rings. The molecular weight excluding hydrogens is 158 g/mol. The van der Waals surface area contributed by atoms with Gasteiger partial charge in [0.05, 0.1) is 19.5 Å². The third-order valence-electron chi connectivity index (χ3n) is 0.983. The van der Waals surface area contributed by atoms with Gasteiger partial charge in [-0.25, -0.2) is 4.98 Å². The zero-order valence-corrected chi connectivity index (χ0v) is 6.90. The van der Waals surface area contributed by atoms with Crippen molar-refractivity contribution >= 4 is 0 Å². The van der Waals surface area contributed by atoms with Gasteiger partial charge in [0.15, 0.2) is 0 Å². The van der Waals surface area contributed by atoms with Crippen molar-refractivity contribution in [3.05, 3.63) is 18.7 Å². The number of aromatic nitrogens is 2. The summed E-state index contributed by atoms with van der Waals surface area (Å²) in [4.78, 5) is 6.42. The second-order valence-corrected chi connectivity index (χ2v) is 1.96. The van der Waals surface area contributed by atoms with Crippen LogP contribution in [0.2, 0.25) is 0 Å². The molecule has 0 atom stereocenters. The quantitative estimate of drug-likeness (QED) is 0.439. The number of aromatic amines is 1. The molecule has 0 unspecified atom stereocenters. The van der Waals surface area contributed by atoms with E-state index >= 15 is 0 Å². The third kappa shape index (κ3) is 9.09. The predicted molar refractivity (Wildman–Crippen MR) is 45.6 cm³/mol. The van der Waals surface area contributed by atoms with E-state index in [4.69, 9.17) is 10.2 Å². The highest BCUT2D eigenvalue weighted by Crippen LogP contribution is 1.62. The molecule has 0 bridgehead atoms. The van der Waals surface area contributed by atoms with Gasteiger partial charge in [-0.05, 0) is 0 Å². The average Bonchev–Trinajstić information content (AvgIpc) is 2.62. The number of aliphatic hydroxyl groups is 2. The van der Waals surface area contributed by atoms with Gasteiger partial charge < -0.3 is 20.5 Å². The van der Waals surface area contributed by atoms with Crippen LogP contribution in [0, 0.1) is 0 Å². The zero-order chi connectivity index (χ0) is 9.07. The maximum absolute atomic E-state index is 8.15. The van der Waals surface area contributed by atoms with Crippen LogP contribution in [0.3, 0.4) is 0 Å². The summed E-state index contributed by atoms with van der Waals surface area (Å²) in [6.45, 7) is 1.42. The minimum atomic E-state index is 0.139. The second kappa shape index (κ2) is 10.1. The van der Waals surface area contributed by atoms with Crippen LogP contribution >= 0.6 is 0 Å². The zero-order valence-electron chi connectivity index (χ0n) is 6.90. The lowest BCUT2D eigenvalue weighted by Gasteiger charge is -1.94. The van der Waals surface area contributed by atoms with E-state index in [1.807, 2.05) is 0 Å². The summed E-state index contributed by atoms with van der Waals surface area (Å²) in [5, 5.41) is 19.1. The fourth-order valence-electron chi connectivity index (χ4n) is 0.498. The topological polar surface area (TPSA) is 81.2 Å². The highest BCUT2D eigenvalue weighted by molar-refractivity contribution is 4.64. The Balaban J connectivity index is 0.000000211. The first-order chi connectivity index (χ1) is 5.91. The molecule has 12 heavy (non-hydrogen) atoms. The molecule has 1 heterocycles. The molecule has 0 spiro atoms. The standard InChI is InChI=1S/C4H11NO2.C3H4N2/c6-3-1-5-2-4-7;1-2-5-3-4-1/h5-7H,1-4H2;1-3H,(H,4,5). The van der Waals surface area contributed by atoms with Gasteiger partial charge >= 0.3 is 0 Å². The molecule has 0 saturated carbocycles. The van der Waals surface area contributed by atoms with Crippen molar-refractivity contribution in [1.82, 2.24) is 15.3 Å². The van der Waals surface area contributed by atoms with Crippen LogP contribution in [-0.2, 0) is 0 Å². The van der Waals surface area contributed by atoms with E-state index in [1.165, 1.54) is 0 Å². The summed E-state index contributed by atoms with van der Waals surface area (Å²) in [5.74, 6) is 0. The summed E-state index contributed by atoms with van der Waals surface area (Å²) in [5.41, 5.74) is 0. The van der Waals surface area contributed by atoms with Crippen molar-refractivity contribution in [3.63, 3.8) is 0 Å². The van der Waals surface area contributed by atoms with E-state index in [0.29, 0.717) is 13.1 Å². The Bertz CT molecular complexity index is 123. The summed E-state index contributed by atoms with van der Waals surface area (Å²) in [6, 6.07) is 0. The number of H-pyrrole nitrogens is 1. The van der Waals surface area contributed by atoms with Crippen LogP contribution in [0.15, 0.2) is 18.7 Å². The first kappa shape index (κ1) is 11.1. The number of nitrogens with zero attached hydrogens (tertiary/aromatic N) is 1. The Morgan fingerprint density at radius 3 is 2.17 bits per heavy atom. The normalized spacial score (nSPS) is 8.83. The van der Waals surface area contributed by atoms with Gasteiger partial charge in [-0.2, -0.15) is 0 Å². The fraction of sp³-hybridized carbons (Fsp3) is 0.571. The van der Waals surface area contributed by atoms with Crippen molar-refractivity contribution < 1.29 is 10.2 Å². The number of hydrogen-bond acceptors (Lipinski definition) is 4. The number of nitrogens with one attached hydrogen (secondary N) is 2. The number of aliphatic hydroxyl groups excluding tert-OH is 2. The van der Waals surface area contributed by atoms with Gasteiger partial charge in [0.2, 0.25) is 0 Å². The van der Waals surface area contributed by atoms with Gasteiger partial charge in [-0.1, -0.05) is 0 Å². The van der Waals surface area contributed by atoms with E-state index < -0.39 is 0 Å². The molecule has 0 amide bonds. The summed E-state index contributed by atoms with van der Waals surface area (Å²) in [6.07, 6.45) is 5.08. The molecule has 4 N–H and O–H groups in total. The molecule has 0 radical (unpaired) electrons. The minimum Gasteiger partial charge on any atom is -0.395 e. The first-order valence-electron chi connectivity index (χ1n) is 3.77. The van der Waals surface area contributed by atoms with Crippen molar-refractivity contribution in [3.8, 4) is 0 Å². The van der Waals surface area contributed by atoms with Crippen molar-refractivity contribution in [2.45, 2.75) is 0 Å². The van der Waals surface area contributed by atoms with E-state index in [2.05, 4.69) is 15.3 Å². The second-order valence-electron chi connectivity index (χ2n) is 1.96. The summed E-state index contributed by atoms with van der Waals surface area (Å²) in [7, 11) is 0. The van der Waals surface area contributed by atoms with Gasteiger partial charge in [0, 0.05) is 25.5 Å². The maximum Gasteiger partial charge on any atom is 0.0919 e. The monoisotopic (exact) mass is 173 g/mol. The number of rotatable bonds is 4. The SMILES string of the molecule is OCCNCCO.c1c[nH]cn1. The summed E-state index contributed by atoms with van der Waals surface area (Å²) < 4.78 is 0. The summed E-state index contributed by atoms with van der Waals surface area (Å²) >= 11 is 0. The van der Waals surface area contributed by atoms with Gasteiger partial charge in [0.1, 0.15) is 0 Å². The lowest BCUT2D eigenvalue weighted by molar-refractivity contribution is 0.267. The highest BCUT2D eigenvalue weighted by atomic mass is 16.3. The van der Waals surface area contributed by atoms with Gasteiger partial charge in [-0.15, -0.1) is 0 Å². The molecule has 0 aliphatic carbocycles. The number of hydrogen-bond donors (Lipinski definition) is 4. The Hall–Kier alpha value is -0.910. The molecular formula is C7H15N3O2. The Labute approximate surface area is 71.5 Å². The van der Waals surface area contributed by atoms with Crippen LogP contribution in [0.4, 0.5) is 0 Å². The molecule has 0 saturated heterocycles. The Morgan fingerprint density at radius 2 is 1.92 bits per heavy atom. The lowest BCUT2D eigenvalue weighted by Crippen LogP contribution is -2.21.